The number of rotatable bonds is 4. The Kier molecular flexibility index (Phi) is 6.55. The van der Waals surface area contributed by atoms with Crippen LogP contribution in [0, 0.1) is 0 Å². The zero-order chi connectivity index (χ0) is 22.7. The summed E-state index contributed by atoms with van der Waals surface area (Å²) in [6.45, 7) is 0. The number of para-hydroxylation sites is 1. The number of halogens is 2. The maximum atomic E-state index is 12.6. The molecule has 1 heterocycles. The van der Waals surface area contributed by atoms with Crippen molar-refractivity contribution in [1.29, 1.82) is 0 Å². The Morgan fingerprint density at radius 1 is 0.875 bits per heavy atom. The number of furan rings is 1. The van der Waals surface area contributed by atoms with E-state index in [9.17, 15) is 9.59 Å². The van der Waals surface area contributed by atoms with E-state index in [1.54, 1.807) is 54.6 Å². The number of fused-ring (bicyclic) bond motifs is 1. The molecule has 0 spiro atoms. The van der Waals surface area contributed by atoms with E-state index in [-0.39, 0.29) is 22.3 Å². The highest BCUT2D eigenvalue weighted by Crippen LogP contribution is 2.22. The van der Waals surface area contributed by atoms with Crippen LogP contribution in [0.5, 0.6) is 0 Å². The van der Waals surface area contributed by atoms with Crippen LogP contribution in [0.1, 0.15) is 20.9 Å². The molecule has 0 aliphatic carbocycles. The number of benzene rings is 3. The molecule has 0 aliphatic rings. The second-order valence-electron chi connectivity index (χ2n) is 6.72. The number of anilines is 2. The van der Waals surface area contributed by atoms with Gasteiger partial charge in [0.15, 0.2) is 10.9 Å². The Labute approximate surface area is 202 Å². The van der Waals surface area contributed by atoms with E-state index in [2.05, 4.69) is 31.9 Å². The monoisotopic (exact) mass is 527 g/mol. The quantitative estimate of drug-likeness (QED) is 0.274. The first-order valence-corrected chi connectivity index (χ1v) is 10.9. The summed E-state index contributed by atoms with van der Waals surface area (Å²) in [6, 6.07) is 20.9. The standard InChI is InChI=1S/C23H15BrClN3O3S/c24-14-8-9-18(25)17(11-14)21(29)28-23(32)27-16-6-3-5-15(12-16)26-22(30)20-10-13-4-1-2-7-19(13)31-20/h1-12H,(H,26,30)(H2,27,28,29,32). The number of amides is 2. The van der Waals surface area contributed by atoms with Crippen LogP contribution in [0.3, 0.4) is 0 Å². The van der Waals surface area contributed by atoms with Crippen LogP contribution in [0.25, 0.3) is 11.0 Å². The molecule has 0 fully saturated rings. The Balaban J connectivity index is 1.41. The van der Waals surface area contributed by atoms with Gasteiger partial charge in [0.05, 0.1) is 10.6 Å². The lowest BCUT2D eigenvalue weighted by atomic mass is 10.2. The first-order chi connectivity index (χ1) is 15.4. The maximum Gasteiger partial charge on any atom is 0.291 e. The van der Waals surface area contributed by atoms with Crippen molar-refractivity contribution >= 4 is 79.0 Å². The zero-order valence-corrected chi connectivity index (χ0v) is 19.5. The van der Waals surface area contributed by atoms with Gasteiger partial charge in [0.1, 0.15) is 5.58 Å². The second kappa shape index (κ2) is 9.52. The van der Waals surface area contributed by atoms with Crippen molar-refractivity contribution in [3.05, 3.63) is 93.6 Å². The first-order valence-electron chi connectivity index (χ1n) is 9.36. The average Bonchev–Trinajstić information content (AvgIpc) is 3.20. The van der Waals surface area contributed by atoms with E-state index in [0.717, 1.165) is 9.86 Å². The molecule has 0 bridgehead atoms. The first kappa shape index (κ1) is 22.0. The molecular formula is C23H15BrClN3O3S. The smallest absolute Gasteiger partial charge is 0.291 e. The molecule has 3 aromatic carbocycles. The van der Waals surface area contributed by atoms with E-state index in [4.69, 9.17) is 28.2 Å². The van der Waals surface area contributed by atoms with E-state index < -0.39 is 5.91 Å². The van der Waals surface area contributed by atoms with E-state index in [0.29, 0.717) is 22.0 Å². The molecule has 0 unspecified atom stereocenters. The molecule has 9 heteroatoms. The van der Waals surface area contributed by atoms with Gasteiger partial charge in [-0.2, -0.15) is 0 Å². The predicted octanol–water partition coefficient (Wildman–Crippen LogP) is 6.23. The van der Waals surface area contributed by atoms with Gasteiger partial charge in [0, 0.05) is 21.2 Å². The molecule has 2 amide bonds. The van der Waals surface area contributed by atoms with E-state index in [1.165, 1.54) is 0 Å². The highest BCUT2D eigenvalue weighted by Gasteiger charge is 2.14. The van der Waals surface area contributed by atoms with Crippen molar-refractivity contribution in [2.45, 2.75) is 0 Å². The summed E-state index contributed by atoms with van der Waals surface area (Å²) in [7, 11) is 0. The lowest BCUT2D eigenvalue weighted by molar-refractivity contribution is 0.0975. The van der Waals surface area contributed by atoms with Gasteiger partial charge < -0.3 is 15.1 Å². The van der Waals surface area contributed by atoms with Gasteiger partial charge in [-0.15, -0.1) is 0 Å². The number of hydrogen-bond acceptors (Lipinski definition) is 4. The van der Waals surface area contributed by atoms with Gasteiger partial charge in [0.25, 0.3) is 11.8 Å². The fourth-order valence-electron chi connectivity index (χ4n) is 2.97. The molecule has 4 aromatic rings. The summed E-state index contributed by atoms with van der Waals surface area (Å²) in [5, 5.41) is 9.54. The molecule has 0 aliphatic heterocycles. The summed E-state index contributed by atoms with van der Waals surface area (Å²) >= 11 is 14.6. The van der Waals surface area contributed by atoms with Gasteiger partial charge in [-0.1, -0.05) is 51.8 Å². The zero-order valence-electron chi connectivity index (χ0n) is 16.3. The van der Waals surface area contributed by atoms with Crippen LogP contribution in [0.4, 0.5) is 11.4 Å². The van der Waals surface area contributed by atoms with Gasteiger partial charge >= 0.3 is 0 Å². The minimum Gasteiger partial charge on any atom is -0.451 e. The molecule has 1 aromatic heterocycles. The molecule has 0 atom stereocenters. The number of carbonyl (C=O) groups is 2. The lowest BCUT2D eigenvalue weighted by Crippen LogP contribution is -2.34. The third kappa shape index (κ3) is 5.16. The molecule has 4 rings (SSSR count). The summed E-state index contributed by atoms with van der Waals surface area (Å²) < 4.78 is 6.31. The number of carbonyl (C=O) groups excluding carboxylic acids is 2. The molecule has 0 radical (unpaired) electrons. The molecule has 3 N–H and O–H groups in total. The second-order valence-corrected chi connectivity index (χ2v) is 8.45. The van der Waals surface area contributed by atoms with Gasteiger partial charge in [-0.05, 0) is 60.7 Å². The van der Waals surface area contributed by atoms with Crippen LogP contribution in [0.15, 0.2) is 81.7 Å². The third-order valence-electron chi connectivity index (χ3n) is 4.43. The molecule has 0 saturated carbocycles. The number of hydrogen-bond donors (Lipinski definition) is 3. The molecule has 32 heavy (non-hydrogen) atoms. The fraction of sp³-hybridized carbons (Fsp3) is 0. The maximum absolute atomic E-state index is 12.6. The minimum atomic E-state index is -0.442. The SMILES string of the molecule is O=C(Nc1cccc(NC(=S)NC(=O)c2cc(Br)ccc2Cl)c1)c1cc2ccccc2o1. The van der Waals surface area contributed by atoms with Gasteiger partial charge in [0.2, 0.25) is 0 Å². The Morgan fingerprint density at radius 3 is 2.41 bits per heavy atom. The van der Waals surface area contributed by atoms with Crippen LogP contribution in [0.2, 0.25) is 5.02 Å². The van der Waals surface area contributed by atoms with Crippen LogP contribution in [-0.2, 0) is 0 Å². The molecule has 6 nitrogen and oxygen atoms in total. The number of thiocarbonyl (C=S) groups is 1. The van der Waals surface area contributed by atoms with Gasteiger partial charge in [-0.3, -0.25) is 14.9 Å². The minimum absolute atomic E-state index is 0.0896. The van der Waals surface area contributed by atoms with Crippen molar-refractivity contribution in [1.82, 2.24) is 5.32 Å². The highest BCUT2D eigenvalue weighted by molar-refractivity contribution is 9.10. The molecule has 0 saturated heterocycles. The predicted molar refractivity (Wildman–Crippen MR) is 133 cm³/mol. The average molecular weight is 529 g/mol. The summed E-state index contributed by atoms with van der Waals surface area (Å²) in [4.78, 5) is 25.0. The number of nitrogens with one attached hydrogen (secondary N) is 3. The van der Waals surface area contributed by atoms with Crippen molar-refractivity contribution in [2.75, 3.05) is 10.6 Å². The summed E-state index contributed by atoms with van der Waals surface area (Å²) in [5.41, 5.74) is 2.04. The van der Waals surface area contributed by atoms with Crippen LogP contribution in [-0.4, -0.2) is 16.9 Å². The third-order valence-corrected chi connectivity index (χ3v) is 5.45. The summed E-state index contributed by atoms with van der Waals surface area (Å²) in [5.74, 6) is -0.611. The van der Waals surface area contributed by atoms with Crippen molar-refractivity contribution in [2.24, 2.45) is 0 Å². The Hall–Kier alpha value is -3.20. The van der Waals surface area contributed by atoms with Crippen LogP contribution < -0.4 is 16.0 Å². The van der Waals surface area contributed by atoms with Gasteiger partial charge in [-0.25, -0.2) is 0 Å². The Bertz CT molecular complexity index is 1320. The normalized spacial score (nSPS) is 10.6. The Morgan fingerprint density at radius 2 is 1.62 bits per heavy atom. The topological polar surface area (TPSA) is 83.4 Å². The van der Waals surface area contributed by atoms with E-state index >= 15 is 0 Å². The van der Waals surface area contributed by atoms with Crippen molar-refractivity contribution in [3.63, 3.8) is 0 Å². The molecular weight excluding hydrogens is 514 g/mol. The lowest BCUT2D eigenvalue weighted by Gasteiger charge is -2.12. The van der Waals surface area contributed by atoms with E-state index in [1.807, 2.05) is 18.2 Å². The largest absolute Gasteiger partial charge is 0.451 e. The fourth-order valence-corrected chi connectivity index (χ4v) is 3.74. The van der Waals surface area contributed by atoms with Crippen molar-refractivity contribution < 1.29 is 14.0 Å². The van der Waals surface area contributed by atoms with Crippen LogP contribution >= 0.6 is 39.7 Å². The molecule has 160 valence electrons. The summed E-state index contributed by atoms with van der Waals surface area (Å²) in [6.07, 6.45) is 0. The highest BCUT2D eigenvalue weighted by atomic mass is 79.9. The van der Waals surface area contributed by atoms with Crippen molar-refractivity contribution in [3.8, 4) is 0 Å².